The van der Waals surface area contributed by atoms with Crippen molar-refractivity contribution in [1.82, 2.24) is 14.0 Å². The zero-order valence-electron chi connectivity index (χ0n) is 22.7. The van der Waals surface area contributed by atoms with Crippen LogP contribution >= 0.6 is 58.4 Å². The number of anilines is 1. The third-order valence-corrected chi connectivity index (χ3v) is 11.5. The van der Waals surface area contributed by atoms with E-state index in [2.05, 4.69) is 0 Å². The number of carboxylic acid groups (broad SMARTS) is 3. The second-order valence-corrected chi connectivity index (χ2v) is 13.9. The molecule has 0 radical (unpaired) electrons. The van der Waals surface area contributed by atoms with E-state index in [9.17, 15) is 48.5 Å². The first kappa shape index (κ1) is 32.4. The highest BCUT2D eigenvalue weighted by atomic mass is 32.2. The van der Waals surface area contributed by atoms with Crippen LogP contribution in [0.5, 0.6) is 0 Å². The molecule has 5 rings (SSSR count). The summed E-state index contributed by atoms with van der Waals surface area (Å²) in [6, 6.07) is 3.90. The van der Waals surface area contributed by atoms with Gasteiger partial charge in [-0.1, -0.05) is 35.7 Å². The fourth-order valence-electron chi connectivity index (χ4n) is 4.42. The van der Waals surface area contributed by atoms with Gasteiger partial charge in [0.15, 0.2) is 0 Å². The molecule has 19 heteroatoms. The Morgan fingerprint density at radius 1 is 0.867 bits per heavy atom. The highest BCUT2D eigenvalue weighted by Gasteiger charge is 2.33. The van der Waals surface area contributed by atoms with E-state index in [0.717, 1.165) is 55.3 Å². The Bertz CT molecular complexity index is 2200. The molecule has 1 fully saturated rings. The van der Waals surface area contributed by atoms with E-state index in [-0.39, 0.29) is 34.2 Å². The molecule has 0 bridgehead atoms. The van der Waals surface area contributed by atoms with Gasteiger partial charge < -0.3 is 20.2 Å². The first-order valence-corrected chi connectivity index (χ1v) is 16.3. The molecule has 1 saturated heterocycles. The molecule has 0 spiro atoms. The highest BCUT2D eigenvalue weighted by Crippen LogP contribution is 2.46. The average molecular weight is 711 g/mol. The molecule has 234 valence electrons. The minimum atomic E-state index is -1.39. The van der Waals surface area contributed by atoms with Crippen LogP contribution in [-0.4, -0.2) is 70.6 Å². The maximum Gasteiger partial charge on any atom is 0.323 e. The number of aromatic nitrogens is 2. The Balaban J connectivity index is 1.78. The maximum absolute atomic E-state index is 13.9. The molecule has 2 aliphatic heterocycles. The van der Waals surface area contributed by atoms with Gasteiger partial charge in [-0.25, -0.2) is 4.39 Å². The fraction of sp³-hybridized carbons (Fsp3) is 0.192. The van der Waals surface area contributed by atoms with E-state index in [1.807, 2.05) is 0 Å². The SMILES string of the molecule is CCN1C(=O)C(=c2s/c(=c3\sc(=CC=C4Sc5ccc(F)cc5N4CC(=O)O)c(=O)n3CC(=O)O)c(=O)n2CC(=O)O)SC1=S. The van der Waals surface area contributed by atoms with E-state index >= 15 is 0 Å². The zero-order chi connectivity index (χ0) is 32.7. The number of thiazole rings is 2. The van der Waals surface area contributed by atoms with Gasteiger partial charge in [0.2, 0.25) is 0 Å². The Kier molecular flexibility index (Phi) is 9.17. The summed E-state index contributed by atoms with van der Waals surface area (Å²) in [4.78, 5) is 78.3. The van der Waals surface area contributed by atoms with Gasteiger partial charge >= 0.3 is 17.9 Å². The summed E-state index contributed by atoms with van der Waals surface area (Å²) < 4.78 is 15.6. The first-order valence-electron chi connectivity index (χ1n) is 12.6. The number of amides is 1. The van der Waals surface area contributed by atoms with Crippen molar-refractivity contribution in [1.29, 1.82) is 0 Å². The molecule has 0 unspecified atom stereocenters. The number of fused-ring (bicyclic) bond motifs is 1. The lowest BCUT2D eigenvalue weighted by molar-refractivity contribution is -0.138. The molecule has 3 aromatic rings. The minimum absolute atomic E-state index is 0.00210. The van der Waals surface area contributed by atoms with Gasteiger partial charge in [-0.3, -0.25) is 42.8 Å². The second kappa shape index (κ2) is 12.8. The number of hydrogen-bond donors (Lipinski definition) is 3. The minimum Gasteiger partial charge on any atom is -0.480 e. The molecule has 1 aromatic carbocycles. The number of carboxylic acids is 3. The Morgan fingerprint density at radius 2 is 1.51 bits per heavy atom. The van der Waals surface area contributed by atoms with Crippen LogP contribution in [0.15, 0.2) is 43.8 Å². The monoisotopic (exact) mass is 710 g/mol. The number of allylic oxidation sites excluding steroid dienone is 1. The second-order valence-electron chi connectivity index (χ2n) is 9.19. The summed E-state index contributed by atoms with van der Waals surface area (Å²) in [6.07, 6.45) is 2.77. The van der Waals surface area contributed by atoms with Crippen molar-refractivity contribution < 1.29 is 38.9 Å². The molecule has 13 nitrogen and oxygen atoms in total. The third-order valence-electron chi connectivity index (χ3n) is 6.29. The van der Waals surface area contributed by atoms with Gasteiger partial charge in [0, 0.05) is 11.4 Å². The lowest BCUT2D eigenvalue weighted by atomic mass is 10.3. The third kappa shape index (κ3) is 6.25. The standard InChI is InChI=1S/C26H19FN4O9S5/c1-2-28-22(39)20(45-26(28)41)25-31(10-18(36)37)23(40)19(44-25)24-30(9-17(34)35)21(38)14(43-24)5-6-15-29(8-16(32)33)12-7-11(27)3-4-13(12)42-15/h3-7H,2,8-10H2,1H3,(H,32,33)(H,34,35)(H,36,37)/b14-5?,15-6?,24-19-,25-20?. The van der Waals surface area contributed by atoms with Gasteiger partial charge in [-0.15, -0.1) is 22.7 Å². The van der Waals surface area contributed by atoms with Crippen LogP contribution in [-0.2, 0) is 32.3 Å². The van der Waals surface area contributed by atoms with E-state index in [1.54, 1.807) is 6.92 Å². The molecule has 2 aromatic heterocycles. The largest absolute Gasteiger partial charge is 0.480 e. The number of hydrogen-bond acceptors (Lipinski definition) is 12. The predicted octanol–water partition coefficient (Wildman–Crippen LogP) is 1.04. The number of carbonyl (C=O) groups is 4. The lowest BCUT2D eigenvalue weighted by Crippen LogP contribution is -2.33. The van der Waals surface area contributed by atoms with Crippen LogP contribution in [0.25, 0.3) is 11.0 Å². The van der Waals surface area contributed by atoms with Crippen LogP contribution in [0.3, 0.4) is 0 Å². The number of nitrogens with zero attached hydrogens (tertiary/aromatic N) is 4. The maximum atomic E-state index is 13.9. The van der Waals surface area contributed by atoms with Crippen molar-refractivity contribution >= 4 is 103 Å². The van der Waals surface area contributed by atoms with E-state index in [0.29, 0.717) is 15.6 Å². The Morgan fingerprint density at radius 3 is 2.11 bits per heavy atom. The average Bonchev–Trinajstić information content (AvgIpc) is 3.64. The van der Waals surface area contributed by atoms with Gasteiger partial charge in [0.25, 0.3) is 17.0 Å². The number of carbonyl (C=O) groups excluding carboxylic acids is 1. The Hall–Kier alpha value is -4.04. The summed E-state index contributed by atoms with van der Waals surface area (Å²) in [7, 11) is 0. The molecule has 0 aliphatic carbocycles. The van der Waals surface area contributed by atoms with Crippen molar-refractivity contribution in [3.63, 3.8) is 0 Å². The van der Waals surface area contributed by atoms with E-state index in [1.165, 1.54) is 40.2 Å². The molecule has 45 heavy (non-hydrogen) atoms. The summed E-state index contributed by atoms with van der Waals surface area (Å²) in [5.74, 6) is -5.04. The molecule has 0 saturated carbocycles. The van der Waals surface area contributed by atoms with Crippen molar-refractivity contribution in [3.05, 3.63) is 74.2 Å². The topological polar surface area (TPSA) is 179 Å². The quantitative estimate of drug-likeness (QED) is 0.283. The van der Waals surface area contributed by atoms with Crippen LogP contribution in [0.1, 0.15) is 6.92 Å². The number of benzene rings is 1. The molecule has 1 amide bonds. The first-order chi connectivity index (χ1) is 21.3. The normalized spacial score (nSPS) is 17.9. The van der Waals surface area contributed by atoms with Gasteiger partial charge in [-0.05, 0) is 37.3 Å². The number of rotatable bonds is 8. The van der Waals surface area contributed by atoms with Gasteiger partial charge in [0.05, 0.1) is 15.2 Å². The highest BCUT2D eigenvalue weighted by molar-refractivity contribution is 8.30. The molecule has 2 aliphatic rings. The van der Waals surface area contributed by atoms with Crippen LogP contribution in [0, 0.1) is 15.0 Å². The van der Waals surface area contributed by atoms with Crippen LogP contribution in [0.2, 0.25) is 0 Å². The van der Waals surface area contributed by atoms with Crippen molar-refractivity contribution in [2.45, 2.75) is 24.9 Å². The molecule has 0 atom stereocenters. The summed E-state index contributed by atoms with van der Waals surface area (Å²) in [5, 5.41) is 28.8. The molecular weight excluding hydrogens is 692 g/mol. The number of aliphatic carboxylic acids is 3. The smallest absolute Gasteiger partial charge is 0.323 e. The summed E-state index contributed by atoms with van der Waals surface area (Å²) >= 11 is 8.80. The van der Waals surface area contributed by atoms with E-state index < -0.39 is 60.4 Å². The van der Waals surface area contributed by atoms with Crippen LogP contribution in [0.4, 0.5) is 10.1 Å². The van der Waals surface area contributed by atoms with Crippen LogP contribution < -0.4 is 25.2 Å². The van der Waals surface area contributed by atoms with Crippen molar-refractivity contribution in [2.24, 2.45) is 0 Å². The fourth-order valence-corrected chi connectivity index (χ4v) is 9.32. The number of halogens is 1. The molecule has 4 heterocycles. The Labute approximate surface area is 272 Å². The van der Waals surface area contributed by atoms with Crippen molar-refractivity contribution in [3.8, 4) is 0 Å². The molecular formula is C26H19FN4O9S5. The summed E-state index contributed by atoms with van der Waals surface area (Å²) in [6.45, 7) is -0.196. The summed E-state index contributed by atoms with van der Waals surface area (Å²) in [5.41, 5.74) is -1.30. The van der Waals surface area contributed by atoms with Gasteiger partial charge in [0.1, 0.15) is 48.5 Å². The zero-order valence-corrected chi connectivity index (χ0v) is 26.8. The van der Waals surface area contributed by atoms with E-state index in [4.69, 9.17) is 12.2 Å². The lowest BCUT2D eigenvalue weighted by Gasteiger charge is -2.17. The van der Waals surface area contributed by atoms with Crippen molar-refractivity contribution in [2.75, 3.05) is 18.0 Å². The number of thiocarbonyl (C=S) groups is 1. The predicted molar refractivity (Wildman–Crippen MR) is 170 cm³/mol. The molecule has 3 N–H and O–H groups in total. The number of thioether (sulfide) groups is 2. The van der Waals surface area contributed by atoms with Gasteiger partial charge in [-0.2, -0.15) is 0 Å².